The third-order valence-electron chi connectivity index (χ3n) is 3.54. The highest BCUT2D eigenvalue weighted by Gasteiger charge is 2.32. The maximum absolute atomic E-state index is 13.4. The van der Waals surface area contributed by atoms with Crippen LogP contribution in [0.4, 0.5) is 10.1 Å². The average Bonchev–Trinajstić information content (AvgIpc) is 2.41. The number of carbonyl (C=O) groups is 2. The molecule has 0 aromatic heterocycles. The van der Waals surface area contributed by atoms with Crippen LogP contribution in [0, 0.1) is 17.7 Å². The van der Waals surface area contributed by atoms with E-state index in [4.69, 9.17) is 0 Å². The first-order chi connectivity index (χ1) is 9.09. The number of nitrogens with one attached hydrogen (secondary N) is 1. The molecule has 0 saturated heterocycles. The number of carboxylic acids is 1. The molecule has 1 aliphatic rings. The van der Waals surface area contributed by atoms with E-state index in [1.807, 2.05) is 0 Å². The van der Waals surface area contributed by atoms with E-state index in [1.54, 1.807) is 6.07 Å². The van der Waals surface area contributed by atoms with Crippen molar-refractivity contribution in [2.75, 3.05) is 5.32 Å². The molecule has 1 aromatic rings. The summed E-state index contributed by atoms with van der Waals surface area (Å²) in [6.45, 7) is 0. The number of para-hydroxylation sites is 1. The van der Waals surface area contributed by atoms with Gasteiger partial charge < -0.3 is 15.2 Å². The molecule has 0 heterocycles. The summed E-state index contributed by atoms with van der Waals surface area (Å²) in [5.74, 6) is -3.59. The smallest absolute Gasteiger partial charge is 0.228 e. The van der Waals surface area contributed by atoms with Crippen molar-refractivity contribution in [3.63, 3.8) is 0 Å². The van der Waals surface area contributed by atoms with Gasteiger partial charge in [0.15, 0.2) is 0 Å². The van der Waals surface area contributed by atoms with Gasteiger partial charge in [0.25, 0.3) is 0 Å². The summed E-state index contributed by atoms with van der Waals surface area (Å²) < 4.78 is 13.4. The standard InChI is InChI=1S/C14H16FNO3/c15-11-7-3-4-8-12(11)16-13(17)9-5-1-2-6-10(9)14(18)19/h3-4,7-10H,1-2,5-6H2,(H,16,17)(H,18,19)/p-1/t9-,10+/m0/s1. The fraction of sp³-hybridized carbons (Fsp3) is 0.429. The molecule has 0 unspecified atom stereocenters. The number of carbonyl (C=O) groups excluding carboxylic acids is 2. The third-order valence-corrected chi connectivity index (χ3v) is 3.54. The molecule has 0 bridgehead atoms. The quantitative estimate of drug-likeness (QED) is 0.895. The highest BCUT2D eigenvalue weighted by Crippen LogP contribution is 2.31. The summed E-state index contributed by atoms with van der Waals surface area (Å²) in [5.41, 5.74) is 0.0789. The Morgan fingerprint density at radius 1 is 1.16 bits per heavy atom. The van der Waals surface area contributed by atoms with Gasteiger partial charge in [-0.2, -0.15) is 0 Å². The van der Waals surface area contributed by atoms with E-state index < -0.39 is 29.5 Å². The molecular weight excluding hydrogens is 249 g/mol. The molecule has 102 valence electrons. The number of hydrogen-bond donors (Lipinski definition) is 1. The van der Waals surface area contributed by atoms with Crippen LogP contribution in [0.25, 0.3) is 0 Å². The monoisotopic (exact) mass is 264 g/mol. The van der Waals surface area contributed by atoms with Crippen molar-refractivity contribution in [1.82, 2.24) is 0 Å². The summed E-state index contributed by atoms with van der Waals surface area (Å²) in [5, 5.41) is 13.5. The Morgan fingerprint density at radius 2 is 1.79 bits per heavy atom. The van der Waals surface area contributed by atoms with Crippen LogP contribution in [0.15, 0.2) is 24.3 Å². The SMILES string of the molecule is O=C(Nc1ccccc1F)[C@H]1CCCC[C@H]1C(=O)[O-]. The molecule has 19 heavy (non-hydrogen) atoms. The first-order valence-electron chi connectivity index (χ1n) is 6.36. The molecule has 2 atom stereocenters. The van der Waals surface area contributed by atoms with Gasteiger partial charge in [0.2, 0.25) is 5.91 Å². The van der Waals surface area contributed by atoms with Crippen molar-refractivity contribution in [2.24, 2.45) is 11.8 Å². The molecule has 2 rings (SSSR count). The van der Waals surface area contributed by atoms with E-state index in [1.165, 1.54) is 18.2 Å². The fourth-order valence-corrected chi connectivity index (χ4v) is 2.51. The minimum Gasteiger partial charge on any atom is -0.550 e. The fourth-order valence-electron chi connectivity index (χ4n) is 2.51. The summed E-state index contributed by atoms with van der Waals surface area (Å²) in [4.78, 5) is 23.1. The van der Waals surface area contributed by atoms with Crippen molar-refractivity contribution < 1.29 is 19.1 Å². The first-order valence-corrected chi connectivity index (χ1v) is 6.36. The van der Waals surface area contributed by atoms with Crippen molar-refractivity contribution in [1.29, 1.82) is 0 Å². The second-order valence-electron chi connectivity index (χ2n) is 4.79. The van der Waals surface area contributed by atoms with Crippen LogP contribution >= 0.6 is 0 Å². The topological polar surface area (TPSA) is 69.2 Å². The van der Waals surface area contributed by atoms with Crippen molar-refractivity contribution in [2.45, 2.75) is 25.7 Å². The number of anilines is 1. The Balaban J connectivity index is 2.10. The lowest BCUT2D eigenvalue weighted by Gasteiger charge is -2.31. The highest BCUT2D eigenvalue weighted by atomic mass is 19.1. The molecule has 1 aliphatic carbocycles. The largest absolute Gasteiger partial charge is 0.550 e. The predicted molar refractivity (Wildman–Crippen MR) is 65.5 cm³/mol. The second kappa shape index (κ2) is 5.82. The van der Waals surface area contributed by atoms with Gasteiger partial charge in [0.05, 0.1) is 5.69 Å². The highest BCUT2D eigenvalue weighted by molar-refractivity contribution is 5.95. The molecule has 1 amide bonds. The van der Waals surface area contributed by atoms with Gasteiger partial charge in [-0.25, -0.2) is 4.39 Å². The Hall–Kier alpha value is -1.91. The zero-order valence-corrected chi connectivity index (χ0v) is 10.4. The number of rotatable bonds is 3. The molecule has 1 fully saturated rings. The van der Waals surface area contributed by atoms with Crippen LogP contribution in [0.1, 0.15) is 25.7 Å². The first kappa shape index (κ1) is 13.5. The van der Waals surface area contributed by atoms with Crippen molar-refractivity contribution >= 4 is 17.6 Å². The van der Waals surface area contributed by atoms with Crippen molar-refractivity contribution in [3.8, 4) is 0 Å². The molecule has 1 saturated carbocycles. The molecule has 1 aromatic carbocycles. The normalized spacial score (nSPS) is 22.8. The molecular formula is C14H15FNO3-. The zero-order valence-electron chi connectivity index (χ0n) is 10.4. The van der Waals surface area contributed by atoms with Crippen LogP contribution in [0.3, 0.4) is 0 Å². The number of aliphatic carboxylic acids is 1. The third kappa shape index (κ3) is 3.10. The van der Waals surface area contributed by atoms with Gasteiger partial charge >= 0.3 is 0 Å². The summed E-state index contributed by atoms with van der Waals surface area (Å²) >= 11 is 0. The van der Waals surface area contributed by atoms with Crippen molar-refractivity contribution in [3.05, 3.63) is 30.1 Å². The van der Waals surface area contributed by atoms with Gasteiger partial charge in [-0.05, 0) is 25.0 Å². The van der Waals surface area contributed by atoms with Crippen LogP contribution in [-0.4, -0.2) is 11.9 Å². The van der Waals surface area contributed by atoms with E-state index in [0.29, 0.717) is 12.8 Å². The lowest BCUT2D eigenvalue weighted by molar-refractivity contribution is -0.313. The lowest BCUT2D eigenvalue weighted by atomic mass is 9.78. The molecule has 0 aliphatic heterocycles. The van der Waals surface area contributed by atoms with Crippen LogP contribution < -0.4 is 10.4 Å². The van der Waals surface area contributed by atoms with Crippen LogP contribution in [0.5, 0.6) is 0 Å². The molecule has 0 spiro atoms. The van der Waals surface area contributed by atoms with Gasteiger partial charge in [-0.3, -0.25) is 4.79 Å². The van der Waals surface area contributed by atoms with Gasteiger partial charge in [-0.15, -0.1) is 0 Å². The average molecular weight is 264 g/mol. The number of hydrogen-bond acceptors (Lipinski definition) is 3. The van der Waals surface area contributed by atoms with E-state index in [9.17, 15) is 19.1 Å². The minimum absolute atomic E-state index is 0.0789. The van der Waals surface area contributed by atoms with Crippen LogP contribution in [-0.2, 0) is 9.59 Å². The van der Waals surface area contributed by atoms with Gasteiger partial charge in [-0.1, -0.05) is 25.0 Å². The maximum Gasteiger partial charge on any atom is 0.228 e. The molecule has 5 heteroatoms. The van der Waals surface area contributed by atoms with Gasteiger partial charge in [0, 0.05) is 17.8 Å². The van der Waals surface area contributed by atoms with E-state index in [-0.39, 0.29) is 5.69 Å². The summed E-state index contributed by atoms with van der Waals surface area (Å²) in [6.07, 6.45) is 2.53. The predicted octanol–water partition coefficient (Wildman–Crippen LogP) is 1.32. The Kier molecular flexibility index (Phi) is 4.14. The number of carboxylic acid groups (broad SMARTS) is 1. The number of amides is 1. The molecule has 4 nitrogen and oxygen atoms in total. The summed E-state index contributed by atoms with van der Waals surface area (Å²) in [7, 11) is 0. The van der Waals surface area contributed by atoms with Crippen LogP contribution in [0.2, 0.25) is 0 Å². The van der Waals surface area contributed by atoms with Gasteiger partial charge in [0.1, 0.15) is 5.82 Å². The van der Waals surface area contributed by atoms with E-state index in [2.05, 4.69) is 5.32 Å². The molecule has 1 N–H and O–H groups in total. The zero-order chi connectivity index (χ0) is 13.8. The Morgan fingerprint density at radius 3 is 2.42 bits per heavy atom. The number of benzene rings is 1. The second-order valence-corrected chi connectivity index (χ2v) is 4.79. The molecule has 0 radical (unpaired) electrons. The Bertz CT molecular complexity index is 489. The maximum atomic E-state index is 13.4. The number of halogens is 1. The van der Waals surface area contributed by atoms with E-state index in [0.717, 1.165) is 12.8 Å². The summed E-state index contributed by atoms with van der Waals surface area (Å²) in [6, 6.07) is 5.82. The van der Waals surface area contributed by atoms with E-state index >= 15 is 0 Å². The lowest BCUT2D eigenvalue weighted by Crippen LogP contribution is -2.42. The Labute approximate surface area is 110 Å². The minimum atomic E-state index is -1.20.